The number of hydrogen-bond acceptors (Lipinski definition) is 3. The van der Waals surface area contributed by atoms with Crippen LogP contribution < -0.4 is 5.73 Å². The molecule has 5 heteroatoms. The molecule has 4 aromatic rings. The van der Waals surface area contributed by atoms with Crippen LogP contribution in [0.2, 0.25) is 0 Å². The Hall–Kier alpha value is -3.57. The molecule has 1 aliphatic heterocycles. The topological polar surface area (TPSA) is 82.4 Å². The SMILES string of the molecule is Cc1ccccc1-c1ccc2[nH]c3c(c2c1)CCN(C(=O)CCN)C3c1cccc(O)c1. The number of nitrogens with one attached hydrogen (secondary N) is 1. The van der Waals surface area contributed by atoms with Gasteiger partial charge in [-0.15, -0.1) is 0 Å². The molecular weight excluding hydrogens is 398 g/mol. The molecule has 162 valence electrons. The minimum atomic E-state index is -0.279. The van der Waals surface area contributed by atoms with Crippen LogP contribution in [0.3, 0.4) is 0 Å². The number of hydrogen-bond donors (Lipinski definition) is 3. The monoisotopic (exact) mass is 425 g/mol. The number of fused-ring (bicyclic) bond motifs is 3. The normalized spacial score (nSPS) is 15.7. The summed E-state index contributed by atoms with van der Waals surface area (Å²) < 4.78 is 0. The summed E-state index contributed by atoms with van der Waals surface area (Å²) in [6, 6.07) is 21.8. The molecule has 0 fully saturated rings. The van der Waals surface area contributed by atoms with Gasteiger partial charge in [-0.3, -0.25) is 4.79 Å². The number of rotatable bonds is 4. The first-order chi connectivity index (χ1) is 15.6. The third-order valence-electron chi connectivity index (χ3n) is 6.45. The number of benzene rings is 3. The summed E-state index contributed by atoms with van der Waals surface area (Å²) in [7, 11) is 0. The van der Waals surface area contributed by atoms with Crippen molar-refractivity contribution >= 4 is 16.8 Å². The molecule has 4 N–H and O–H groups in total. The van der Waals surface area contributed by atoms with E-state index < -0.39 is 0 Å². The summed E-state index contributed by atoms with van der Waals surface area (Å²) in [5.41, 5.74) is 13.6. The molecule has 0 aliphatic carbocycles. The average Bonchev–Trinajstić information content (AvgIpc) is 3.17. The van der Waals surface area contributed by atoms with E-state index in [0.717, 1.165) is 23.2 Å². The van der Waals surface area contributed by atoms with Crippen molar-refractivity contribution in [2.75, 3.05) is 13.1 Å². The van der Waals surface area contributed by atoms with Crippen molar-refractivity contribution in [3.63, 3.8) is 0 Å². The Kier molecular flexibility index (Phi) is 5.19. The second-order valence-corrected chi connectivity index (χ2v) is 8.47. The number of phenols is 1. The van der Waals surface area contributed by atoms with Crippen LogP contribution in [-0.2, 0) is 11.2 Å². The van der Waals surface area contributed by atoms with Crippen molar-refractivity contribution in [3.05, 3.63) is 89.1 Å². The maximum atomic E-state index is 12.9. The molecule has 32 heavy (non-hydrogen) atoms. The number of nitrogens with zero attached hydrogens (tertiary/aromatic N) is 1. The fraction of sp³-hybridized carbons (Fsp3) is 0.222. The number of phenolic OH excluding ortho intramolecular Hbond substituents is 1. The standard InChI is InChI=1S/C27H27N3O2/c1-17-5-2-3-8-21(17)18-9-10-24-23(16-18)22-12-14-30(25(32)11-13-28)27(26(22)29-24)19-6-4-7-20(31)15-19/h2-10,15-16,27,29,31H,11-14,28H2,1H3. The van der Waals surface area contributed by atoms with Crippen molar-refractivity contribution in [2.45, 2.75) is 25.8 Å². The maximum absolute atomic E-state index is 12.9. The van der Waals surface area contributed by atoms with Gasteiger partial charge in [0.15, 0.2) is 0 Å². The zero-order valence-corrected chi connectivity index (χ0v) is 18.1. The Labute approximate surface area is 187 Å². The van der Waals surface area contributed by atoms with Gasteiger partial charge in [0.2, 0.25) is 5.91 Å². The highest BCUT2D eigenvalue weighted by Crippen LogP contribution is 2.40. The predicted octanol–water partition coefficient (Wildman–Crippen LogP) is 4.67. The molecule has 0 spiro atoms. The highest BCUT2D eigenvalue weighted by Gasteiger charge is 2.34. The molecular formula is C27H27N3O2. The lowest BCUT2D eigenvalue weighted by Crippen LogP contribution is -2.41. The van der Waals surface area contributed by atoms with Crippen LogP contribution in [0.1, 0.15) is 34.8 Å². The predicted molar refractivity (Wildman–Crippen MR) is 128 cm³/mol. The van der Waals surface area contributed by atoms with Crippen LogP contribution >= 0.6 is 0 Å². The highest BCUT2D eigenvalue weighted by molar-refractivity contribution is 5.90. The van der Waals surface area contributed by atoms with Crippen LogP contribution in [0.5, 0.6) is 5.75 Å². The van der Waals surface area contributed by atoms with E-state index in [2.05, 4.69) is 54.4 Å². The van der Waals surface area contributed by atoms with Gasteiger partial charge in [0, 0.05) is 36.1 Å². The summed E-state index contributed by atoms with van der Waals surface area (Å²) in [6.07, 6.45) is 1.08. The molecule has 0 bridgehead atoms. The lowest BCUT2D eigenvalue weighted by Gasteiger charge is -2.36. The fourth-order valence-electron chi connectivity index (χ4n) is 4.93. The first-order valence-electron chi connectivity index (χ1n) is 11.1. The number of H-pyrrole nitrogens is 1. The van der Waals surface area contributed by atoms with E-state index in [1.165, 1.54) is 27.6 Å². The molecule has 1 atom stereocenters. The zero-order chi connectivity index (χ0) is 22.2. The maximum Gasteiger partial charge on any atom is 0.224 e. The molecule has 1 aliphatic rings. The Morgan fingerprint density at radius 3 is 2.75 bits per heavy atom. The minimum Gasteiger partial charge on any atom is -0.508 e. The fourth-order valence-corrected chi connectivity index (χ4v) is 4.93. The van der Waals surface area contributed by atoms with Gasteiger partial charge < -0.3 is 20.7 Å². The molecule has 2 heterocycles. The number of nitrogens with two attached hydrogens (primary N) is 1. The second-order valence-electron chi connectivity index (χ2n) is 8.47. The van der Waals surface area contributed by atoms with Gasteiger partial charge in [-0.2, -0.15) is 0 Å². The number of carbonyl (C=O) groups is 1. The summed E-state index contributed by atoms with van der Waals surface area (Å²) in [5, 5.41) is 11.3. The molecule has 3 aromatic carbocycles. The van der Waals surface area contributed by atoms with E-state index >= 15 is 0 Å². The van der Waals surface area contributed by atoms with Crippen molar-refractivity contribution in [1.29, 1.82) is 0 Å². The minimum absolute atomic E-state index is 0.0331. The molecule has 1 aromatic heterocycles. The van der Waals surface area contributed by atoms with E-state index in [-0.39, 0.29) is 17.7 Å². The summed E-state index contributed by atoms with van der Waals surface area (Å²) in [6.45, 7) is 3.07. The number of carbonyl (C=O) groups excluding carboxylic acids is 1. The quantitative estimate of drug-likeness (QED) is 0.444. The van der Waals surface area contributed by atoms with Gasteiger partial charge in [0.05, 0.1) is 6.04 Å². The Balaban J connectivity index is 1.67. The van der Waals surface area contributed by atoms with E-state index in [4.69, 9.17) is 5.73 Å². The smallest absolute Gasteiger partial charge is 0.224 e. The van der Waals surface area contributed by atoms with Crippen LogP contribution in [0.25, 0.3) is 22.0 Å². The lowest BCUT2D eigenvalue weighted by molar-refractivity contribution is -0.133. The molecule has 0 saturated carbocycles. The van der Waals surface area contributed by atoms with Crippen LogP contribution in [0, 0.1) is 6.92 Å². The van der Waals surface area contributed by atoms with Gasteiger partial charge in [0.25, 0.3) is 0 Å². The number of aromatic hydroxyl groups is 1. The number of aromatic amines is 1. The average molecular weight is 426 g/mol. The van der Waals surface area contributed by atoms with Crippen LogP contribution in [0.15, 0.2) is 66.7 Å². The van der Waals surface area contributed by atoms with E-state index in [9.17, 15) is 9.90 Å². The van der Waals surface area contributed by atoms with Gasteiger partial charge in [-0.05, 0) is 65.4 Å². The molecule has 1 amide bonds. The Morgan fingerprint density at radius 1 is 1.12 bits per heavy atom. The molecule has 1 unspecified atom stereocenters. The summed E-state index contributed by atoms with van der Waals surface area (Å²) in [4.78, 5) is 18.4. The lowest BCUT2D eigenvalue weighted by atomic mass is 9.91. The van der Waals surface area contributed by atoms with Crippen LogP contribution in [0.4, 0.5) is 0 Å². The number of aryl methyl sites for hydroxylation is 1. The first kappa shape index (κ1) is 20.3. The Morgan fingerprint density at radius 2 is 1.97 bits per heavy atom. The van der Waals surface area contributed by atoms with Gasteiger partial charge in [-0.1, -0.05) is 42.5 Å². The largest absolute Gasteiger partial charge is 0.508 e. The van der Waals surface area contributed by atoms with Crippen molar-refractivity contribution < 1.29 is 9.90 Å². The molecule has 5 nitrogen and oxygen atoms in total. The molecule has 0 radical (unpaired) electrons. The second kappa shape index (κ2) is 8.17. The third-order valence-corrected chi connectivity index (χ3v) is 6.45. The summed E-state index contributed by atoms with van der Waals surface area (Å²) in [5.74, 6) is 0.226. The van der Waals surface area contributed by atoms with Gasteiger partial charge in [0.1, 0.15) is 5.75 Å². The first-order valence-corrected chi connectivity index (χ1v) is 11.1. The molecule has 0 saturated heterocycles. The van der Waals surface area contributed by atoms with E-state index in [1.807, 2.05) is 17.0 Å². The van der Waals surface area contributed by atoms with Gasteiger partial charge >= 0.3 is 0 Å². The summed E-state index contributed by atoms with van der Waals surface area (Å²) >= 11 is 0. The van der Waals surface area contributed by atoms with E-state index in [1.54, 1.807) is 12.1 Å². The van der Waals surface area contributed by atoms with E-state index in [0.29, 0.717) is 19.5 Å². The van der Waals surface area contributed by atoms with Crippen molar-refractivity contribution in [1.82, 2.24) is 9.88 Å². The van der Waals surface area contributed by atoms with Crippen LogP contribution in [-0.4, -0.2) is 34.0 Å². The van der Waals surface area contributed by atoms with Crippen molar-refractivity contribution in [2.24, 2.45) is 5.73 Å². The van der Waals surface area contributed by atoms with Crippen molar-refractivity contribution in [3.8, 4) is 16.9 Å². The number of amides is 1. The van der Waals surface area contributed by atoms with Gasteiger partial charge in [-0.25, -0.2) is 0 Å². The number of aromatic nitrogens is 1. The highest BCUT2D eigenvalue weighted by atomic mass is 16.3. The Bertz CT molecular complexity index is 1310. The molecule has 5 rings (SSSR count). The third kappa shape index (κ3) is 3.45. The zero-order valence-electron chi connectivity index (χ0n) is 18.1.